The quantitative estimate of drug-likeness (QED) is 0.856. The van der Waals surface area contributed by atoms with Crippen LogP contribution in [0.4, 0.5) is 0 Å². The molecule has 25 heavy (non-hydrogen) atoms. The van der Waals surface area contributed by atoms with Crippen molar-refractivity contribution in [3.8, 4) is 0 Å². The number of aryl methyl sites for hydroxylation is 2. The van der Waals surface area contributed by atoms with E-state index in [1.54, 1.807) is 0 Å². The third-order valence-electron chi connectivity index (χ3n) is 5.46. The first-order valence-corrected chi connectivity index (χ1v) is 9.33. The number of likely N-dealkylation sites (tertiary alicyclic amines) is 1. The summed E-state index contributed by atoms with van der Waals surface area (Å²) in [4.78, 5) is 19.4. The Morgan fingerprint density at radius 3 is 3.04 bits per heavy atom. The van der Waals surface area contributed by atoms with Crippen molar-refractivity contribution in [1.82, 2.24) is 15.0 Å². The molecule has 0 bridgehead atoms. The number of hydrogen-bond acceptors (Lipinski definition) is 4. The fraction of sp³-hybridized carbons (Fsp3) is 0.550. The Morgan fingerprint density at radius 1 is 1.40 bits per heavy atom. The van der Waals surface area contributed by atoms with E-state index in [1.807, 2.05) is 11.8 Å². The number of carbonyl (C=O) groups excluding carboxylic acids is 1. The average Bonchev–Trinajstić information content (AvgIpc) is 3.30. The number of rotatable bonds is 4. The van der Waals surface area contributed by atoms with Crippen LogP contribution in [0.3, 0.4) is 0 Å². The van der Waals surface area contributed by atoms with E-state index in [-0.39, 0.29) is 11.8 Å². The van der Waals surface area contributed by atoms with Crippen molar-refractivity contribution in [2.75, 3.05) is 13.1 Å². The van der Waals surface area contributed by atoms with Crippen LogP contribution in [-0.4, -0.2) is 34.0 Å². The van der Waals surface area contributed by atoms with Gasteiger partial charge in [-0.15, -0.1) is 0 Å². The Bertz CT molecular complexity index is 770. The largest absolute Gasteiger partial charge is 0.342 e. The third kappa shape index (κ3) is 3.32. The molecule has 0 N–H and O–H groups in total. The molecule has 2 heterocycles. The van der Waals surface area contributed by atoms with Crippen molar-refractivity contribution in [2.24, 2.45) is 5.92 Å². The molecular weight excluding hydrogens is 314 g/mol. The summed E-state index contributed by atoms with van der Waals surface area (Å²) in [6, 6.07) is 8.55. The highest BCUT2D eigenvalue weighted by Crippen LogP contribution is 2.49. The molecule has 5 heteroatoms. The minimum atomic E-state index is 0.150. The number of aromatic nitrogens is 2. The van der Waals surface area contributed by atoms with Gasteiger partial charge < -0.3 is 9.42 Å². The number of amides is 1. The van der Waals surface area contributed by atoms with Gasteiger partial charge in [-0.25, -0.2) is 0 Å². The topological polar surface area (TPSA) is 59.2 Å². The summed E-state index contributed by atoms with van der Waals surface area (Å²) in [6.45, 7) is 5.68. The minimum Gasteiger partial charge on any atom is -0.342 e. The molecule has 1 aliphatic carbocycles. The predicted octanol–water partition coefficient (Wildman–Crippen LogP) is 3.45. The fourth-order valence-electron chi connectivity index (χ4n) is 3.94. The second-order valence-electron chi connectivity index (χ2n) is 7.39. The highest BCUT2D eigenvalue weighted by atomic mass is 16.5. The van der Waals surface area contributed by atoms with Gasteiger partial charge in [-0.2, -0.15) is 4.98 Å². The lowest BCUT2D eigenvalue weighted by molar-refractivity contribution is -0.133. The van der Waals surface area contributed by atoms with Crippen molar-refractivity contribution in [3.05, 3.63) is 47.1 Å². The lowest BCUT2D eigenvalue weighted by atomic mass is 9.96. The maximum absolute atomic E-state index is 12.9. The van der Waals surface area contributed by atoms with E-state index in [4.69, 9.17) is 4.52 Å². The normalized spacial score (nSPS) is 25.8. The van der Waals surface area contributed by atoms with Gasteiger partial charge in [-0.05, 0) is 37.7 Å². The molecule has 5 nitrogen and oxygen atoms in total. The van der Waals surface area contributed by atoms with E-state index in [0.717, 1.165) is 44.6 Å². The van der Waals surface area contributed by atoms with Crippen molar-refractivity contribution >= 4 is 5.91 Å². The summed E-state index contributed by atoms with van der Waals surface area (Å²) < 4.78 is 5.24. The van der Waals surface area contributed by atoms with Crippen LogP contribution in [-0.2, 0) is 11.2 Å². The van der Waals surface area contributed by atoms with Gasteiger partial charge in [0.15, 0.2) is 5.82 Å². The third-order valence-corrected chi connectivity index (χ3v) is 5.46. The molecule has 1 saturated carbocycles. The molecule has 1 aliphatic heterocycles. The first kappa shape index (κ1) is 16.3. The maximum atomic E-state index is 12.9. The van der Waals surface area contributed by atoms with Crippen molar-refractivity contribution in [1.29, 1.82) is 0 Å². The van der Waals surface area contributed by atoms with Gasteiger partial charge in [0, 0.05) is 31.3 Å². The summed E-state index contributed by atoms with van der Waals surface area (Å²) in [5.41, 5.74) is 2.56. The van der Waals surface area contributed by atoms with Gasteiger partial charge in [0.25, 0.3) is 0 Å². The molecule has 1 amide bonds. The van der Waals surface area contributed by atoms with Crippen LogP contribution in [0.15, 0.2) is 28.8 Å². The molecule has 2 fully saturated rings. The molecule has 4 rings (SSSR count). The summed E-state index contributed by atoms with van der Waals surface area (Å²) in [6.07, 6.45) is 3.76. The summed E-state index contributed by atoms with van der Waals surface area (Å²) >= 11 is 0. The zero-order chi connectivity index (χ0) is 17.4. The zero-order valence-corrected chi connectivity index (χ0v) is 14.9. The molecule has 3 atom stereocenters. The van der Waals surface area contributed by atoms with E-state index in [0.29, 0.717) is 17.7 Å². The van der Waals surface area contributed by atoms with Crippen LogP contribution in [0.5, 0.6) is 0 Å². The molecule has 2 aliphatic rings. The first-order valence-electron chi connectivity index (χ1n) is 9.33. The summed E-state index contributed by atoms with van der Waals surface area (Å²) in [5.74, 6) is 2.50. The van der Waals surface area contributed by atoms with Crippen LogP contribution in [0.2, 0.25) is 0 Å². The van der Waals surface area contributed by atoms with E-state index in [1.165, 1.54) is 11.1 Å². The molecule has 132 valence electrons. The number of hydrogen-bond donors (Lipinski definition) is 0. The lowest BCUT2D eigenvalue weighted by Gasteiger charge is -2.31. The zero-order valence-electron chi connectivity index (χ0n) is 14.9. The van der Waals surface area contributed by atoms with Gasteiger partial charge in [-0.3, -0.25) is 4.79 Å². The van der Waals surface area contributed by atoms with Crippen molar-refractivity contribution < 1.29 is 9.32 Å². The average molecular weight is 339 g/mol. The van der Waals surface area contributed by atoms with E-state index < -0.39 is 0 Å². The second kappa shape index (κ2) is 6.62. The smallest absolute Gasteiger partial charge is 0.226 e. The maximum Gasteiger partial charge on any atom is 0.226 e. The van der Waals surface area contributed by atoms with Crippen molar-refractivity contribution in [2.45, 2.75) is 51.4 Å². The standard InChI is InChI=1S/C20H25N3O2/c1-3-18-21-19(22-25-18)15-8-5-9-23(12-15)20(24)17-11-16(17)14-7-4-6-13(2)10-14/h4,6-7,10,15-17H,3,5,8-9,11-12H2,1-2H3. The Hall–Kier alpha value is -2.17. The Morgan fingerprint density at radius 2 is 2.28 bits per heavy atom. The minimum absolute atomic E-state index is 0.150. The number of benzene rings is 1. The summed E-state index contributed by atoms with van der Waals surface area (Å²) in [5, 5.41) is 4.11. The van der Waals surface area contributed by atoms with Crippen LogP contribution in [0.1, 0.15) is 60.9 Å². The van der Waals surface area contributed by atoms with Crippen LogP contribution in [0, 0.1) is 12.8 Å². The first-order chi connectivity index (χ1) is 12.2. The predicted molar refractivity (Wildman–Crippen MR) is 94.3 cm³/mol. The van der Waals surface area contributed by atoms with Gasteiger partial charge in [-0.1, -0.05) is 41.9 Å². The van der Waals surface area contributed by atoms with Gasteiger partial charge in [0.2, 0.25) is 11.8 Å². The van der Waals surface area contributed by atoms with Gasteiger partial charge in [0.1, 0.15) is 0 Å². The Kier molecular flexibility index (Phi) is 4.32. The molecule has 1 aromatic carbocycles. The number of nitrogens with zero attached hydrogens (tertiary/aromatic N) is 3. The molecule has 1 saturated heterocycles. The molecule has 3 unspecified atom stereocenters. The second-order valence-corrected chi connectivity index (χ2v) is 7.39. The molecule has 1 aromatic heterocycles. The fourth-order valence-corrected chi connectivity index (χ4v) is 3.94. The molecule has 0 spiro atoms. The highest BCUT2D eigenvalue weighted by Gasteiger charge is 2.46. The number of piperidine rings is 1. The van der Waals surface area contributed by atoms with Crippen LogP contribution in [0.25, 0.3) is 0 Å². The van der Waals surface area contributed by atoms with E-state index in [9.17, 15) is 4.79 Å². The van der Waals surface area contributed by atoms with Crippen molar-refractivity contribution in [3.63, 3.8) is 0 Å². The summed E-state index contributed by atoms with van der Waals surface area (Å²) in [7, 11) is 0. The molecular formula is C20H25N3O2. The van der Waals surface area contributed by atoms with Gasteiger partial charge in [0.05, 0.1) is 0 Å². The van der Waals surface area contributed by atoms with E-state index in [2.05, 4.69) is 41.3 Å². The molecule has 0 radical (unpaired) electrons. The Labute approximate surface area is 148 Å². The lowest BCUT2D eigenvalue weighted by Crippen LogP contribution is -2.40. The molecule has 2 aromatic rings. The SMILES string of the molecule is CCc1nc(C2CCCN(C(=O)C3CC3c3cccc(C)c3)C2)no1. The highest BCUT2D eigenvalue weighted by molar-refractivity contribution is 5.83. The van der Waals surface area contributed by atoms with Gasteiger partial charge >= 0.3 is 0 Å². The van der Waals surface area contributed by atoms with Crippen LogP contribution >= 0.6 is 0 Å². The monoisotopic (exact) mass is 339 g/mol. The number of carbonyl (C=O) groups is 1. The van der Waals surface area contributed by atoms with E-state index >= 15 is 0 Å². The Balaban J connectivity index is 1.41. The van der Waals surface area contributed by atoms with Crippen LogP contribution < -0.4 is 0 Å².